The van der Waals surface area contributed by atoms with Crippen molar-refractivity contribution >= 4 is 16.8 Å². The molecular weight excluding hydrogens is 336 g/mol. The Kier molecular flexibility index (Phi) is 4.17. The summed E-state index contributed by atoms with van der Waals surface area (Å²) < 4.78 is 0. The van der Waals surface area contributed by atoms with E-state index in [1.807, 2.05) is 29.2 Å². The molecule has 0 saturated carbocycles. The molecule has 2 aliphatic rings. The van der Waals surface area contributed by atoms with Crippen molar-refractivity contribution in [2.75, 3.05) is 26.2 Å². The Morgan fingerprint density at radius 1 is 0.926 bits per heavy atom. The third kappa shape index (κ3) is 3.02. The molecule has 1 saturated heterocycles. The van der Waals surface area contributed by atoms with E-state index in [1.165, 1.54) is 11.1 Å². The van der Waals surface area contributed by atoms with Gasteiger partial charge in [0.25, 0.3) is 5.91 Å². The summed E-state index contributed by atoms with van der Waals surface area (Å²) in [5.74, 6) is 0.0454. The Balaban J connectivity index is 1.28. The number of H-pyrrole nitrogens is 1. The number of amides is 1. The van der Waals surface area contributed by atoms with Crippen molar-refractivity contribution in [1.29, 1.82) is 0 Å². The Bertz CT molecular complexity index is 954. The first-order chi connectivity index (χ1) is 13.3. The number of aromatic amines is 1. The second-order valence-corrected chi connectivity index (χ2v) is 7.63. The molecule has 1 amide bonds. The maximum atomic E-state index is 13.1. The zero-order chi connectivity index (χ0) is 18.2. The molecule has 1 fully saturated rings. The molecule has 27 heavy (non-hydrogen) atoms. The van der Waals surface area contributed by atoms with Gasteiger partial charge in [-0.2, -0.15) is 5.10 Å². The number of carbonyl (C=O) groups is 1. The number of para-hydroxylation sites is 1. The van der Waals surface area contributed by atoms with E-state index in [2.05, 4.69) is 39.4 Å². The molecule has 2 aromatic carbocycles. The highest BCUT2D eigenvalue weighted by atomic mass is 16.2. The van der Waals surface area contributed by atoms with Crippen LogP contribution in [-0.4, -0.2) is 58.1 Å². The second-order valence-electron chi connectivity index (χ2n) is 7.63. The fourth-order valence-corrected chi connectivity index (χ4v) is 4.58. The number of nitrogens with one attached hydrogen (secondary N) is 1. The van der Waals surface area contributed by atoms with Gasteiger partial charge < -0.3 is 4.90 Å². The number of rotatable bonds is 2. The summed E-state index contributed by atoms with van der Waals surface area (Å²) in [6.07, 6.45) is 3.28. The highest BCUT2D eigenvalue weighted by molar-refractivity contribution is 6.04. The molecular formula is C22H24N4O. The van der Waals surface area contributed by atoms with Crippen LogP contribution in [-0.2, 0) is 12.8 Å². The van der Waals surface area contributed by atoms with Crippen LogP contribution in [0.2, 0.25) is 0 Å². The van der Waals surface area contributed by atoms with Crippen LogP contribution < -0.4 is 0 Å². The van der Waals surface area contributed by atoms with Gasteiger partial charge in [0, 0.05) is 37.6 Å². The first-order valence-corrected chi connectivity index (χ1v) is 9.83. The fourth-order valence-electron chi connectivity index (χ4n) is 4.58. The van der Waals surface area contributed by atoms with Crippen LogP contribution in [0.25, 0.3) is 10.9 Å². The van der Waals surface area contributed by atoms with Crippen LogP contribution in [0.5, 0.6) is 0 Å². The predicted molar refractivity (Wildman–Crippen MR) is 106 cm³/mol. The van der Waals surface area contributed by atoms with E-state index in [9.17, 15) is 4.79 Å². The number of hydrogen-bond acceptors (Lipinski definition) is 3. The average molecular weight is 360 g/mol. The molecule has 1 aliphatic heterocycles. The Morgan fingerprint density at radius 2 is 1.67 bits per heavy atom. The maximum absolute atomic E-state index is 13.1. The third-order valence-corrected chi connectivity index (χ3v) is 6.04. The van der Waals surface area contributed by atoms with Crippen molar-refractivity contribution in [3.63, 3.8) is 0 Å². The van der Waals surface area contributed by atoms with Crippen molar-refractivity contribution in [1.82, 2.24) is 20.0 Å². The fraction of sp³-hybridized carbons (Fsp3) is 0.364. The maximum Gasteiger partial charge on any atom is 0.275 e. The SMILES string of the molecule is O=C(c1n[nH]c2ccccc12)N1CCCN(C2Cc3ccccc3C2)CC1. The van der Waals surface area contributed by atoms with Gasteiger partial charge in [-0.15, -0.1) is 0 Å². The van der Waals surface area contributed by atoms with Gasteiger partial charge in [0.15, 0.2) is 5.69 Å². The van der Waals surface area contributed by atoms with Gasteiger partial charge >= 0.3 is 0 Å². The Labute approximate surface area is 159 Å². The van der Waals surface area contributed by atoms with E-state index in [1.54, 1.807) is 0 Å². The molecule has 1 aliphatic carbocycles. The zero-order valence-electron chi connectivity index (χ0n) is 15.4. The van der Waals surface area contributed by atoms with Crippen molar-refractivity contribution in [2.45, 2.75) is 25.3 Å². The van der Waals surface area contributed by atoms with Gasteiger partial charge in [0.2, 0.25) is 0 Å². The van der Waals surface area contributed by atoms with Gasteiger partial charge in [0.05, 0.1) is 5.52 Å². The van der Waals surface area contributed by atoms with Crippen LogP contribution in [0.3, 0.4) is 0 Å². The lowest BCUT2D eigenvalue weighted by atomic mass is 10.1. The number of carbonyl (C=O) groups excluding carboxylic acids is 1. The summed E-state index contributed by atoms with van der Waals surface area (Å²) in [4.78, 5) is 17.6. The second kappa shape index (κ2) is 6.82. The molecule has 138 valence electrons. The summed E-state index contributed by atoms with van der Waals surface area (Å²) in [6.45, 7) is 3.57. The van der Waals surface area contributed by atoms with E-state index < -0.39 is 0 Å². The molecule has 5 rings (SSSR count). The molecule has 5 heteroatoms. The smallest absolute Gasteiger partial charge is 0.275 e. The average Bonchev–Trinajstić information content (AvgIpc) is 3.24. The molecule has 5 nitrogen and oxygen atoms in total. The minimum atomic E-state index is 0.0454. The van der Waals surface area contributed by atoms with E-state index in [4.69, 9.17) is 0 Å². The van der Waals surface area contributed by atoms with Gasteiger partial charge in [0.1, 0.15) is 0 Å². The number of aromatic nitrogens is 2. The van der Waals surface area contributed by atoms with Gasteiger partial charge in [-0.05, 0) is 36.5 Å². The van der Waals surface area contributed by atoms with Crippen molar-refractivity contribution in [3.8, 4) is 0 Å². The van der Waals surface area contributed by atoms with E-state index >= 15 is 0 Å². The summed E-state index contributed by atoms with van der Waals surface area (Å²) in [5.41, 5.74) is 4.44. The molecule has 0 bridgehead atoms. The predicted octanol–water partition coefficient (Wildman–Crippen LogP) is 2.88. The first-order valence-electron chi connectivity index (χ1n) is 9.83. The standard InChI is InChI=1S/C22H24N4O/c27-22(21-19-8-3-4-9-20(19)23-24-21)26-11-5-10-25(12-13-26)18-14-16-6-1-2-7-17(16)15-18/h1-4,6-9,18H,5,10-15H2,(H,23,24). The zero-order valence-corrected chi connectivity index (χ0v) is 15.4. The minimum Gasteiger partial charge on any atom is -0.336 e. The minimum absolute atomic E-state index is 0.0454. The number of fused-ring (bicyclic) bond motifs is 2. The van der Waals surface area contributed by atoms with Crippen molar-refractivity contribution in [2.24, 2.45) is 0 Å². The lowest BCUT2D eigenvalue weighted by Gasteiger charge is -2.27. The van der Waals surface area contributed by atoms with Crippen molar-refractivity contribution < 1.29 is 4.79 Å². The van der Waals surface area contributed by atoms with Crippen LogP contribution in [0, 0.1) is 0 Å². The molecule has 0 spiro atoms. The van der Waals surface area contributed by atoms with E-state index in [0.717, 1.165) is 56.3 Å². The lowest BCUT2D eigenvalue weighted by Crippen LogP contribution is -2.40. The molecule has 2 heterocycles. The van der Waals surface area contributed by atoms with E-state index in [-0.39, 0.29) is 5.91 Å². The van der Waals surface area contributed by atoms with Crippen molar-refractivity contribution in [3.05, 3.63) is 65.4 Å². The van der Waals surface area contributed by atoms with Gasteiger partial charge in [-0.1, -0.05) is 42.5 Å². The topological polar surface area (TPSA) is 52.2 Å². The largest absolute Gasteiger partial charge is 0.336 e. The molecule has 1 aromatic heterocycles. The van der Waals surface area contributed by atoms with Gasteiger partial charge in [-0.3, -0.25) is 14.8 Å². The van der Waals surface area contributed by atoms with Crippen LogP contribution in [0.4, 0.5) is 0 Å². The summed E-state index contributed by atoms with van der Waals surface area (Å²) >= 11 is 0. The normalized spacial score (nSPS) is 18.6. The number of nitrogens with zero attached hydrogens (tertiary/aromatic N) is 3. The molecule has 3 aromatic rings. The third-order valence-electron chi connectivity index (χ3n) is 6.04. The van der Waals surface area contributed by atoms with Gasteiger partial charge in [-0.25, -0.2) is 0 Å². The lowest BCUT2D eigenvalue weighted by molar-refractivity contribution is 0.0754. The number of hydrogen-bond donors (Lipinski definition) is 1. The quantitative estimate of drug-likeness (QED) is 0.765. The first kappa shape index (κ1) is 16.5. The molecule has 1 N–H and O–H groups in total. The highest BCUT2D eigenvalue weighted by Gasteiger charge is 2.29. The molecule has 0 atom stereocenters. The monoisotopic (exact) mass is 360 g/mol. The summed E-state index contributed by atoms with van der Waals surface area (Å²) in [5, 5.41) is 8.19. The van der Waals surface area contributed by atoms with Crippen LogP contribution in [0.15, 0.2) is 48.5 Å². The summed E-state index contributed by atoms with van der Waals surface area (Å²) in [6, 6.07) is 17.2. The van der Waals surface area contributed by atoms with Crippen LogP contribution in [0.1, 0.15) is 28.0 Å². The molecule has 0 unspecified atom stereocenters. The Hall–Kier alpha value is -2.66. The highest BCUT2D eigenvalue weighted by Crippen LogP contribution is 2.26. The van der Waals surface area contributed by atoms with Crippen LogP contribution >= 0.6 is 0 Å². The number of benzene rings is 2. The summed E-state index contributed by atoms with van der Waals surface area (Å²) in [7, 11) is 0. The molecule has 0 radical (unpaired) electrons. The Morgan fingerprint density at radius 3 is 2.48 bits per heavy atom. The van der Waals surface area contributed by atoms with E-state index in [0.29, 0.717) is 11.7 Å².